The van der Waals surface area contributed by atoms with Crippen molar-refractivity contribution in [1.29, 1.82) is 0 Å². The summed E-state index contributed by atoms with van der Waals surface area (Å²) in [7, 11) is 0. The third kappa shape index (κ3) is 3.87. The highest BCUT2D eigenvalue weighted by Gasteiger charge is 2.38. The molecule has 6 heteroatoms. The molecule has 1 aliphatic rings. The minimum absolute atomic E-state index is 0.0928. The van der Waals surface area contributed by atoms with Crippen LogP contribution < -0.4 is 0 Å². The van der Waals surface area contributed by atoms with Crippen LogP contribution in [0.2, 0.25) is 0 Å². The molecule has 1 saturated heterocycles. The summed E-state index contributed by atoms with van der Waals surface area (Å²) in [5.74, 6) is -0.290. The predicted octanol–water partition coefficient (Wildman–Crippen LogP) is 1.34. The van der Waals surface area contributed by atoms with Crippen molar-refractivity contribution in [3.8, 4) is 0 Å². The van der Waals surface area contributed by atoms with Crippen molar-refractivity contribution in [2.75, 3.05) is 26.3 Å². The molecule has 0 aliphatic carbocycles. The van der Waals surface area contributed by atoms with E-state index in [4.69, 9.17) is 14.6 Å². The Morgan fingerprint density at radius 2 is 2.11 bits per heavy atom. The second-order valence-electron chi connectivity index (χ2n) is 4.91. The Labute approximate surface area is 107 Å². The molecule has 1 heterocycles. The summed E-state index contributed by atoms with van der Waals surface area (Å²) in [4.78, 5) is 23.4. The molecule has 1 atom stereocenters. The van der Waals surface area contributed by atoms with Gasteiger partial charge in [-0.1, -0.05) is 0 Å². The number of hydrogen-bond donors (Lipinski definition) is 1. The molecule has 6 nitrogen and oxygen atoms in total. The van der Waals surface area contributed by atoms with Gasteiger partial charge in [-0.15, -0.1) is 0 Å². The molecule has 18 heavy (non-hydrogen) atoms. The minimum Gasteiger partial charge on any atom is -0.465 e. The van der Waals surface area contributed by atoms with Crippen LogP contribution in [0.15, 0.2) is 0 Å². The molecule has 0 bridgehead atoms. The number of esters is 1. The van der Waals surface area contributed by atoms with E-state index >= 15 is 0 Å². The largest absolute Gasteiger partial charge is 0.465 e. The van der Waals surface area contributed by atoms with Crippen LogP contribution >= 0.6 is 0 Å². The number of likely N-dealkylation sites (tertiary alicyclic amines) is 1. The average molecular weight is 259 g/mol. The highest BCUT2D eigenvalue weighted by Crippen LogP contribution is 2.30. The summed E-state index contributed by atoms with van der Waals surface area (Å²) >= 11 is 0. The fourth-order valence-electron chi connectivity index (χ4n) is 2.07. The van der Waals surface area contributed by atoms with Crippen molar-refractivity contribution in [3.05, 3.63) is 0 Å². The molecule has 0 spiro atoms. The van der Waals surface area contributed by atoms with E-state index in [9.17, 15) is 9.59 Å². The number of ether oxygens (including phenoxy) is 2. The summed E-state index contributed by atoms with van der Waals surface area (Å²) in [5.41, 5.74) is -0.531. The van der Waals surface area contributed by atoms with Gasteiger partial charge in [0.1, 0.15) is 6.61 Å². The van der Waals surface area contributed by atoms with Crippen LogP contribution in [-0.4, -0.2) is 54.0 Å². The van der Waals surface area contributed by atoms with E-state index in [1.807, 2.05) is 13.8 Å². The Bertz CT molecular complexity index is 316. The monoisotopic (exact) mass is 259 g/mol. The number of amides is 1. The van der Waals surface area contributed by atoms with E-state index in [1.54, 1.807) is 6.92 Å². The number of nitrogens with zero attached hydrogens (tertiary/aromatic N) is 1. The molecular formula is C12H21NO5. The molecule has 0 aromatic rings. The van der Waals surface area contributed by atoms with Gasteiger partial charge in [0.05, 0.1) is 12.2 Å². The first-order valence-electron chi connectivity index (χ1n) is 6.14. The molecular weight excluding hydrogens is 238 g/mol. The van der Waals surface area contributed by atoms with Gasteiger partial charge in [0.2, 0.25) is 0 Å². The lowest BCUT2D eigenvalue weighted by Crippen LogP contribution is -2.39. The molecule has 1 rings (SSSR count). The first-order chi connectivity index (χ1) is 8.36. The third-order valence-corrected chi connectivity index (χ3v) is 3.31. The summed E-state index contributed by atoms with van der Waals surface area (Å²) in [5, 5.41) is 8.90. The Kier molecular flexibility index (Phi) is 4.95. The lowest BCUT2D eigenvalue weighted by Gasteiger charge is -2.31. The zero-order valence-electron chi connectivity index (χ0n) is 11.1. The van der Waals surface area contributed by atoms with Crippen LogP contribution in [-0.2, 0) is 14.3 Å². The number of hydrogen-bond acceptors (Lipinski definition) is 4. The van der Waals surface area contributed by atoms with Crippen LogP contribution in [0, 0.1) is 5.92 Å². The van der Waals surface area contributed by atoms with Gasteiger partial charge in [-0.05, 0) is 27.2 Å². The quantitative estimate of drug-likeness (QED) is 0.754. The van der Waals surface area contributed by atoms with Crippen LogP contribution in [0.3, 0.4) is 0 Å². The maximum Gasteiger partial charge on any atom is 0.407 e. The molecule has 0 radical (unpaired) electrons. The fraction of sp³-hybridized carbons (Fsp3) is 0.833. The minimum atomic E-state index is -0.904. The number of carbonyl (C=O) groups is 2. The molecule has 104 valence electrons. The van der Waals surface area contributed by atoms with Gasteiger partial charge in [0.15, 0.2) is 0 Å². The smallest absolute Gasteiger partial charge is 0.407 e. The van der Waals surface area contributed by atoms with Gasteiger partial charge in [0, 0.05) is 19.0 Å². The van der Waals surface area contributed by atoms with E-state index in [0.29, 0.717) is 19.7 Å². The Hall–Kier alpha value is -1.30. The van der Waals surface area contributed by atoms with Gasteiger partial charge in [-0.3, -0.25) is 0 Å². The Morgan fingerprint density at radius 1 is 1.44 bits per heavy atom. The van der Waals surface area contributed by atoms with Crippen molar-refractivity contribution < 1.29 is 24.2 Å². The van der Waals surface area contributed by atoms with Crippen molar-refractivity contribution in [3.63, 3.8) is 0 Å². The average Bonchev–Trinajstić information content (AvgIpc) is 2.77. The summed E-state index contributed by atoms with van der Waals surface area (Å²) in [6.07, 6.45) is -0.152. The van der Waals surface area contributed by atoms with E-state index in [1.165, 1.54) is 4.90 Å². The molecule has 1 amide bonds. The van der Waals surface area contributed by atoms with Crippen molar-refractivity contribution >= 4 is 12.1 Å². The summed E-state index contributed by atoms with van der Waals surface area (Å²) in [6, 6.07) is 0. The molecule has 1 fully saturated rings. The summed E-state index contributed by atoms with van der Waals surface area (Å²) < 4.78 is 10.4. The highest BCUT2D eigenvalue weighted by atomic mass is 16.6. The molecule has 0 aromatic carbocycles. The lowest BCUT2D eigenvalue weighted by atomic mass is 9.90. The predicted molar refractivity (Wildman–Crippen MR) is 64.4 cm³/mol. The fourth-order valence-corrected chi connectivity index (χ4v) is 2.07. The maximum atomic E-state index is 11.2. The summed E-state index contributed by atoms with van der Waals surface area (Å²) in [6.45, 7) is 6.70. The highest BCUT2D eigenvalue weighted by molar-refractivity contribution is 5.70. The molecule has 0 aromatic heterocycles. The van der Waals surface area contributed by atoms with Gasteiger partial charge in [-0.25, -0.2) is 9.59 Å². The van der Waals surface area contributed by atoms with Gasteiger partial charge in [-0.2, -0.15) is 0 Å². The number of rotatable bonds is 5. The Balaban J connectivity index is 2.44. The molecule has 1 aliphatic heterocycles. The van der Waals surface area contributed by atoms with E-state index in [2.05, 4.69) is 0 Å². The number of carboxylic acid groups (broad SMARTS) is 1. The third-order valence-electron chi connectivity index (χ3n) is 3.31. The molecule has 0 saturated carbocycles. The zero-order valence-corrected chi connectivity index (χ0v) is 11.1. The van der Waals surface area contributed by atoms with Crippen LogP contribution in [0.1, 0.15) is 27.2 Å². The van der Waals surface area contributed by atoms with Crippen molar-refractivity contribution in [1.82, 2.24) is 4.90 Å². The maximum absolute atomic E-state index is 11.2. The Morgan fingerprint density at radius 3 is 2.61 bits per heavy atom. The topological polar surface area (TPSA) is 76.1 Å². The second kappa shape index (κ2) is 6.04. The first-order valence-corrected chi connectivity index (χ1v) is 6.14. The second-order valence-corrected chi connectivity index (χ2v) is 4.91. The SMILES string of the molecule is CCOC(=O)COC(C)(C)C1CCN(C(=O)O)C1. The van der Waals surface area contributed by atoms with Crippen LogP contribution in [0.5, 0.6) is 0 Å². The van der Waals surface area contributed by atoms with E-state index < -0.39 is 17.7 Å². The van der Waals surface area contributed by atoms with Crippen LogP contribution in [0.25, 0.3) is 0 Å². The first kappa shape index (κ1) is 14.8. The zero-order chi connectivity index (χ0) is 13.8. The normalized spacial score (nSPS) is 19.9. The van der Waals surface area contributed by atoms with Crippen molar-refractivity contribution in [2.45, 2.75) is 32.8 Å². The molecule has 1 unspecified atom stereocenters. The van der Waals surface area contributed by atoms with E-state index in [0.717, 1.165) is 6.42 Å². The van der Waals surface area contributed by atoms with Crippen LogP contribution in [0.4, 0.5) is 4.79 Å². The van der Waals surface area contributed by atoms with E-state index in [-0.39, 0.29) is 12.5 Å². The standard InChI is InChI=1S/C12H21NO5/c1-4-17-10(14)8-18-12(2,3)9-5-6-13(7-9)11(15)16/h9H,4-8H2,1-3H3,(H,15,16). The van der Waals surface area contributed by atoms with Gasteiger partial charge in [0.25, 0.3) is 0 Å². The number of carbonyl (C=O) groups excluding carboxylic acids is 1. The van der Waals surface area contributed by atoms with Gasteiger partial charge < -0.3 is 19.5 Å². The lowest BCUT2D eigenvalue weighted by molar-refractivity contribution is -0.156. The van der Waals surface area contributed by atoms with Gasteiger partial charge >= 0.3 is 12.1 Å². The molecule has 1 N–H and O–H groups in total. The van der Waals surface area contributed by atoms with Crippen molar-refractivity contribution in [2.24, 2.45) is 5.92 Å².